The molecule has 0 saturated carbocycles. The fourth-order valence-corrected chi connectivity index (χ4v) is 3.36. The molecular formula is C20H39IN6O. The zero-order chi connectivity index (χ0) is 19.3. The normalized spacial score (nSPS) is 18.0. The van der Waals surface area contributed by atoms with E-state index in [1.165, 1.54) is 25.7 Å². The summed E-state index contributed by atoms with van der Waals surface area (Å²) in [4.78, 5) is 4.87. The van der Waals surface area contributed by atoms with Gasteiger partial charge in [-0.05, 0) is 25.2 Å². The van der Waals surface area contributed by atoms with Gasteiger partial charge >= 0.3 is 0 Å². The van der Waals surface area contributed by atoms with Crippen LogP contribution >= 0.6 is 24.0 Å². The molecule has 1 fully saturated rings. The highest BCUT2D eigenvalue weighted by Crippen LogP contribution is 2.13. The van der Waals surface area contributed by atoms with Gasteiger partial charge in [-0.1, -0.05) is 40.0 Å². The van der Waals surface area contributed by atoms with Crippen molar-refractivity contribution in [3.8, 4) is 0 Å². The van der Waals surface area contributed by atoms with E-state index in [1.807, 2.05) is 0 Å². The Morgan fingerprint density at radius 1 is 1.36 bits per heavy atom. The van der Waals surface area contributed by atoms with Crippen LogP contribution in [-0.4, -0.2) is 53.1 Å². The number of aromatic nitrogens is 3. The van der Waals surface area contributed by atoms with Gasteiger partial charge in [0.2, 0.25) is 0 Å². The molecule has 1 saturated heterocycles. The lowest BCUT2D eigenvalue weighted by Crippen LogP contribution is -2.42. The molecule has 0 spiro atoms. The number of rotatable bonds is 12. The average Bonchev–Trinajstić information content (AvgIpc) is 3.37. The van der Waals surface area contributed by atoms with Crippen molar-refractivity contribution in [3.05, 3.63) is 12.2 Å². The molecule has 1 aromatic rings. The summed E-state index contributed by atoms with van der Waals surface area (Å²) in [7, 11) is 0. The maximum Gasteiger partial charge on any atom is 0.191 e. The number of guanidine groups is 1. The number of unbranched alkanes of at least 4 members (excludes halogenated alkanes) is 1. The number of aliphatic imine (C=N–C) groups is 1. The van der Waals surface area contributed by atoms with Gasteiger partial charge in [0.15, 0.2) is 5.96 Å². The third kappa shape index (κ3) is 9.07. The minimum absolute atomic E-state index is 0. The quantitative estimate of drug-likeness (QED) is 0.258. The van der Waals surface area contributed by atoms with Crippen LogP contribution in [0.5, 0.6) is 0 Å². The second kappa shape index (κ2) is 15.0. The van der Waals surface area contributed by atoms with Gasteiger partial charge in [-0.2, -0.15) is 0 Å². The van der Waals surface area contributed by atoms with Gasteiger partial charge in [-0.15, -0.1) is 34.2 Å². The first-order valence-corrected chi connectivity index (χ1v) is 10.8. The zero-order valence-corrected chi connectivity index (χ0v) is 20.2. The Hall–Kier alpha value is -0.900. The minimum Gasteiger partial charge on any atom is -0.376 e. The number of halogens is 1. The van der Waals surface area contributed by atoms with E-state index in [-0.39, 0.29) is 24.0 Å². The van der Waals surface area contributed by atoms with Gasteiger partial charge in [0.1, 0.15) is 12.2 Å². The standard InChI is InChI=1S/C20H38N6O.HI/c1-4-7-9-17(5-2)14-22-20(23-15-18-10-8-13-27-18)21-11-12-26-16-24-25-19(26)6-3;/h16-18H,4-15H2,1-3H3,(H2,21,22,23);1H. The molecule has 2 atom stereocenters. The van der Waals surface area contributed by atoms with Crippen LogP contribution in [0.4, 0.5) is 0 Å². The van der Waals surface area contributed by atoms with Crippen LogP contribution < -0.4 is 10.6 Å². The Labute approximate surface area is 187 Å². The summed E-state index contributed by atoms with van der Waals surface area (Å²) in [5.74, 6) is 2.58. The highest BCUT2D eigenvalue weighted by Gasteiger charge is 2.16. The summed E-state index contributed by atoms with van der Waals surface area (Å²) < 4.78 is 7.83. The molecule has 0 radical (unpaired) electrons. The van der Waals surface area contributed by atoms with Gasteiger partial charge in [0.05, 0.1) is 6.10 Å². The number of nitrogens with one attached hydrogen (secondary N) is 2. The molecule has 8 heteroatoms. The first-order valence-electron chi connectivity index (χ1n) is 10.8. The summed E-state index contributed by atoms with van der Waals surface area (Å²) in [6.07, 6.45) is 10.3. The third-order valence-corrected chi connectivity index (χ3v) is 5.23. The van der Waals surface area contributed by atoms with Gasteiger partial charge < -0.3 is 19.9 Å². The molecule has 0 aromatic carbocycles. The Balaban J connectivity index is 0.00000392. The number of hydrogen-bond donors (Lipinski definition) is 2. The van der Waals surface area contributed by atoms with Crippen LogP contribution in [-0.2, 0) is 17.7 Å². The molecule has 1 aliphatic heterocycles. The van der Waals surface area contributed by atoms with E-state index in [1.54, 1.807) is 6.33 Å². The van der Waals surface area contributed by atoms with E-state index >= 15 is 0 Å². The van der Waals surface area contributed by atoms with E-state index in [4.69, 9.17) is 9.73 Å². The van der Waals surface area contributed by atoms with Crippen molar-refractivity contribution >= 4 is 29.9 Å². The van der Waals surface area contributed by atoms with E-state index in [2.05, 4.69) is 46.2 Å². The second-order valence-electron chi connectivity index (χ2n) is 7.34. The van der Waals surface area contributed by atoms with Crippen molar-refractivity contribution < 1.29 is 4.74 Å². The van der Waals surface area contributed by atoms with Crippen molar-refractivity contribution in [2.75, 3.05) is 26.2 Å². The third-order valence-electron chi connectivity index (χ3n) is 5.23. The zero-order valence-electron chi connectivity index (χ0n) is 17.8. The second-order valence-corrected chi connectivity index (χ2v) is 7.34. The summed E-state index contributed by atoms with van der Waals surface area (Å²) in [5, 5.41) is 15.1. The summed E-state index contributed by atoms with van der Waals surface area (Å²) >= 11 is 0. The largest absolute Gasteiger partial charge is 0.376 e. The fraction of sp³-hybridized carbons (Fsp3) is 0.850. The van der Waals surface area contributed by atoms with Crippen LogP contribution in [0.3, 0.4) is 0 Å². The van der Waals surface area contributed by atoms with Crippen molar-refractivity contribution in [2.24, 2.45) is 10.9 Å². The Kier molecular flexibility index (Phi) is 13.5. The molecule has 7 nitrogen and oxygen atoms in total. The monoisotopic (exact) mass is 506 g/mol. The number of nitrogens with zero attached hydrogens (tertiary/aromatic N) is 4. The molecule has 2 rings (SSSR count). The first kappa shape index (κ1) is 25.1. The van der Waals surface area contributed by atoms with Crippen molar-refractivity contribution in [1.82, 2.24) is 25.4 Å². The van der Waals surface area contributed by atoms with Crippen LogP contribution in [0.1, 0.15) is 65.1 Å². The molecule has 0 bridgehead atoms. The van der Waals surface area contributed by atoms with Crippen LogP contribution in [0.2, 0.25) is 0 Å². The number of hydrogen-bond acceptors (Lipinski definition) is 4. The van der Waals surface area contributed by atoms with Gasteiger partial charge in [0, 0.05) is 39.2 Å². The number of ether oxygens (including phenoxy) is 1. The topological polar surface area (TPSA) is 76.4 Å². The van der Waals surface area contributed by atoms with E-state index in [0.717, 1.165) is 63.8 Å². The average molecular weight is 506 g/mol. The lowest BCUT2D eigenvalue weighted by atomic mass is 10.00. The molecule has 0 aliphatic carbocycles. The highest BCUT2D eigenvalue weighted by molar-refractivity contribution is 14.0. The predicted molar refractivity (Wildman–Crippen MR) is 125 cm³/mol. The van der Waals surface area contributed by atoms with Crippen molar-refractivity contribution in [1.29, 1.82) is 0 Å². The minimum atomic E-state index is 0. The summed E-state index contributed by atoms with van der Waals surface area (Å²) in [6.45, 7) is 10.8. The summed E-state index contributed by atoms with van der Waals surface area (Å²) in [6, 6.07) is 0. The number of aryl methyl sites for hydroxylation is 1. The van der Waals surface area contributed by atoms with Crippen molar-refractivity contribution in [2.45, 2.75) is 78.4 Å². The molecule has 162 valence electrons. The van der Waals surface area contributed by atoms with Gasteiger partial charge in [0.25, 0.3) is 0 Å². The van der Waals surface area contributed by atoms with Crippen molar-refractivity contribution in [3.63, 3.8) is 0 Å². The maximum absolute atomic E-state index is 5.73. The lowest BCUT2D eigenvalue weighted by Gasteiger charge is -2.18. The van der Waals surface area contributed by atoms with Crippen LogP contribution in [0, 0.1) is 5.92 Å². The van der Waals surface area contributed by atoms with E-state index < -0.39 is 0 Å². The molecule has 1 aromatic heterocycles. The van der Waals surface area contributed by atoms with E-state index in [0.29, 0.717) is 12.0 Å². The SMILES string of the molecule is CCCCC(CC)CN=C(NCCn1cnnc1CC)NCC1CCCO1.I. The maximum atomic E-state index is 5.73. The molecule has 2 heterocycles. The van der Waals surface area contributed by atoms with Crippen LogP contribution in [0.25, 0.3) is 0 Å². The fourth-order valence-electron chi connectivity index (χ4n) is 3.36. The molecule has 2 N–H and O–H groups in total. The summed E-state index contributed by atoms with van der Waals surface area (Å²) in [5.41, 5.74) is 0. The molecule has 28 heavy (non-hydrogen) atoms. The van der Waals surface area contributed by atoms with Gasteiger partial charge in [-0.3, -0.25) is 4.99 Å². The van der Waals surface area contributed by atoms with Crippen LogP contribution in [0.15, 0.2) is 11.3 Å². The molecule has 1 aliphatic rings. The lowest BCUT2D eigenvalue weighted by molar-refractivity contribution is 0.113. The molecular weight excluding hydrogens is 467 g/mol. The Morgan fingerprint density at radius 2 is 2.21 bits per heavy atom. The first-order chi connectivity index (χ1) is 13.3. The Bertz CT molecular complexity index is 545. The molecule has 0 amide bonds. The Morgan fingerprint density at radius 3 is 2.89 bits per heavy atom. The predicted octanol–water partition coefficient (Wildman–Crippen LogP) is 3.39. The van der Waals surface area contributed by atoms with Gasteiger partial charge in [-0.25, -0.2) is 0 Å². The smallest absolute Gasteiger partial charge is 0.191 e. The van der Waals surface area contributed by atoms with E-state index in [9.17, 15) is 0 Å². The molecule has 2 unspecified atom stereocenters. The highest BCUT2D eigenvalue weighted by atomic mass is 127.